The Hall–Kier alpha value is -2.59. The molecule has 8 nitrogen and oxygen atoms in total. The lowest BCUT2D eigenvalue weighted by atomic mass is 10.1. The molecule has 2 aromatic rings. The number of thiophene rings is 1. The number of primary amides is 1. The summed E-state index contributed by atoms with van der Waals surface area (Å²) in [6, 6.07) is 4.87. The topological polar surface area (TPSA) is 125 Å². The van der Waals surface area contributed by atoms with E-state index in [2.05, 4.69) is 5.32 Å². The fraction of sp³-hybridized carbons (Fsp3) is 0.250. The van der Waals surface area contributed by atoms with Gasteiger partial charge in [-0.05, 0) is 37.2 Å². The number of amides is 2. The third-order valence-corrected chi connectivity index (χ3v) is 5.48. The third kappa shape index (κ3) is 4.52. The van der Waals surface area contributed by atoms with Crippen LogP contribution in [0.1, 0.15) is 32.5 Å². The number of nitrogens with zero attached hydrogens (tertiary/aromatic N) is 1. The maximum absolute atomic E-state index is 12.2. The van der Waals surface area contributed by atoms with E-state index in [1.165, 1.54) is 6.20 Å². The molecule has 0 aliphatic rings. The first-order valence-electron chi connectivity index (χ1n) is 7.56. The number of ether oxygens (including phenoxy) is 1. The van der Waals surface area contributed by atoms with E-state index in [-0.39, 0.29) is 27.8 Å². The summed E-state index contributed by atoms with van der Waals surface area (Å²) in [5.41, 5.74) is 5.80. The number of aromatic nitrogens is 1. The van der Waals surface area contributed by atoms with Crippen LogP contribution in [0.25, 0.3) is 0 Å². The lowest BCUT2D eigenvalue weighted by Gasteiger charge is -2.07. The molecule has 2 aromatic heterocycles. The molecule has 0 saturated carbocycles. The summed E-state index contributed by atoms with van der Waals surface area (Å²) in [5, 5.41) is 14.7. The molecule has 0 aromatic carbocycles. The number of rotatable bonds is 7. The second-order valence-corrected chi connectivity index (χ2v) is 7.06. The lowest BCUT2D eigenvalue weighted by molar-refractivity contribution is -0.645. The minimum Gasteiger partial charge on any atom is -0.618 e. The Bertz CT molecular complexity index is 850. The molecule has 0 aliphatic heterocycles. The molecule has 0 bridgehead atoms. The Kier molecular flexibility index (Phi) is 6.58. The molecule has 0 aliphatic carbocycles. The van der Waals surface area contributed by atoms with Crippen LogP contribution in [0.15, 0.2) is 29.4 Å². The first kappa shape index (κ1) is 19.7. The van der Waals surface area contributed by atoms with Crippen molar-refractivity contribution in [3.8, 4) is 0 Å². The van der Waals surface area contributed by atoms with Gasteiger partial charge in [0, 0.05) is 12.1 Å². The highest BCUT2D eigenvalue weighted by Gasteiger charge is 2.25. The molecular formula is C16H17N3O5S2. The molecule has 2 amide bonds. The van der Waals surface area contributed by atoms with Gasteiger partial charge in [-0.25, -0.2) is 4.79 Å². The lowest BCUT2D eigenvalue weighted by Crippen LogP contribution is -2.28. The molecule has 0 fully saturated rings. The zero-order chi connectivity index (χ0) is 19.3. The van der Waals surface area contributed by atoms with Gasteiger partial charge in [-0.3, -0.25) is 9.59 Å². The molecule has 0 radical (unpaired) electrons. The van der Waals surface area contributed by atoms with E-state index in [0.29, 0.717) is 15.3 Å². The maximum atomic E-state index is 12.2. The normalized spacial score (nSPS) is 10.4. The van der Waals surface area contributed by atoms with Crippen molar-refractivity contribution in [2.75, 3.05) is 17.7 Å². The number of pyridine rings is 1. The number of nitrogens with two attached hydrogens (primary N) is 1. The molecule has 2 heterocycles. The second-order valence-electron chi connectivity index (χ2n) is 5.05. The fourth-order valence-corrected chi connectivity index (χ4v) is 3.89. The predicted octanol–water partition coefficient (Wildman–Crippen LogP) is 1.70. The van der Waals surface area contributed by atoms with Gasteiger partial charge < -0.3 is 21.0 Å². The van der Waals surface area contributed by atoms with Crippen molar-refractivity contribution in [3.05, 3.63) is 45.6 Å². The van der Waals surface area contributed by atoms with Gasteiger partial charge in [0.05, 0.1) is 22.8 Å². The van der Waals surface area contributed by atoms with Gasteiger partial charge in [-0.2, -0.15) is 4.73 Å². The average molecular weight is 395 g/mol. The van der Waals surface area contributed by atoms with E-state index in [4.69, 9.17) is 10.5 Å². The summed E-state index contributed by atoms with van der Waals surface area (Å²) in [6.45, 7) is 3.37. The smallest absolute Gasteiger partial charge is 0.341 e. The van der Waals surface area contributed by atoms with Gasteiger partial charge in [0.1, 0.15) is 5.00 Å². The summed E-state index contributed by atoms with van der Waals surface area (Å²) in [5.74, 6) is -1.80. The number of esters is 1. The van der Waals surface area contributed by atoms with Crippen molar-refractivity contribution in [2.45, 2.75) is 18.9 Å². The van der Waals surface area contributed by atoms with E-state index in [0.717, 1.165) is 23.1 Å². The minimum atomic E-state index is -0.690. The van der Waals surface area contributed by atoms with Gasteiger partial charge >= 0.3 is 5.97 Å². The number of hydrogen-bond donors (Lipinski definition) is 2. The minimum absolute atomic E-state index is 0.0443. The SMILES string of the molecule is CCOC(=O)c1c(NC(=O)CSc2cccc[n+]2[O-])sc(C(N)=O)c1C. The van der Waals surface area contributed by atoms with Crippen LogP contribution >= 0.6 is 23.1 Å². The molecule has 2 rings (SSSR count). The van der Waals surface area contributed by atoms with Crippen LogP contribution in [0.4, 0.5) is 5.00 Å². The summed E-state index contributed by atoms with van der Waals surface area (Å²) in [6.07, 6.45) is 1.33. The number of carbonyl (C=O) groups is 3. The van der Waals surface area contributed by atoms with Gasteiger partial charge in [-0.1, -0.05) is 0 Å². The Labute approximate surface area is 157 Å². The van der Waals surface area contributed by atoms with Crippen molar-refractivity contribution >= 4 is 45.9 Å². The quantitative estimate of drug-likeness (QED) is 0.318. The summed E-state index contributed by atoms with van der Waals surface area (Å²) >= 11 is 1.97. The highest BCUT2D eigenvalue weighted by Crippen LogP contribution is 2.33. The van der Waals surface area contributed by atoms with Crippen LogP contribution in [0, 0.1) is 12.1 Å². The first-order chi connectivity index (χ1) is 12.3. The van der Waals surface area contributed by atoms with Crippen molar-refractivity contribution in [3.63, 3.8) is 0 Å². The van der Waals surface area contributed by atoms with Crippen molar-refractivity contribution in [2.24, 2.45) is 5.73 Å². The number of anilines is 1. The largest absolute Gasteiger partial charge is 0.618 e. The van der Waals surface area contributed by atoms with E-state index >= 15 is 0 Å². The maximum Gasteiger partial charge on any atom is 0.341 e. The molecule has 0 atom stereocenters. The molecular weight excluding hydrogens is 378 g/mol. The first-order valence-corrected chi connectivity index (χ1v) is 9.36. The third-order valence-electron chi connectivity index (χ3n) is 3.24. The molecule has 138 valence electrons. The van der Waals surface area contributed by atoms with Gasteiger partial charge in [-0.15, -0.1) is 11.3 Å². The highest BCUT2D eigenvalue weighted by molar-refractivity contribution is 7.99. The van der Waals surface area contributed by atoms with E-state index in [1.54, 1.807) is 32.0 Å². The number of thioether (sulfide) groups is 1. The number of hydrogen-bond acceptors (Lipinski definition) is 7. The summed E-state index contributed by atoms with van der Waals surface area (Å²) in [7, 11) is 0. The Balaban J connectivity index is 2.18. The molecule has 26 heavy (non-hydrogen) atoms. The van der Waals surface area contributed by atoms with Gasteiger partial charge in [0.15, 0.2) is 6.20 Å². The number of carbonyl (C=O) groups excluding carboxylic acids is 3. The van der Waals surface area contributed by atoms with Crippen molar-refractivity contribution in [1.82, 2.24) is 0 Å². The predicted molar refractivity (Wildman–Crippen MR) is 98.3 cm³/mol. The van der Waals surface area contributed by atoms with E-state index in [9.17, 15) is 19.6 Å². The zero-order valence-electron chi connectivity index (χ0n) is 14.1. The number of nitrogens with one attached hydrogen (secondary N) is 1. The molecule has 0 spiro atoms. The highest BCUT2D eigenvalue weighted by atomic mass is 32.2. The summed E-state index contributed by atoms with van der Waals surface area (Å²) < 4.78 is 5.64. The monoisotopic (exact) mass is 395 g/mol. The van der Waals surface area contributed by atoms with Gasteiger partial charge in [0.2, 0.25) is 5.91 Å². The Morgan fingerprint density at radius 3 is 2.73 bits per heavy atom. The summed E-state index contributed by atoms with van der Waals surface area (Å²) in [4.78, 5) is 36.1. The Morgan fingerprint density at radius 2 is 2.12 bits per heavy atom. The molecule has 0 unspecified atom stereocenters. The van der Waals surface area contributed by atoms with Crippen LogP contribution in [0.2, 0.25) is 0 Å². The van der Waals surface area contributed by atoms with Crippen LogP contribution in [-0.2, 0) is 9.53 Å². The van der Waals surface area contributed by atoms with Crippen LogP contribution in [0.5, 0.6) is 0 Å². The molecule has 0 saturated heterocycles. The molecule has 10 heteroatoms. The standard InChI is InChI=1S/C16H17N3O5S2/c1-3-24-16(22)12-9(2)13(14(17)21)26-15(12)18-10(20)8-25-11-6-4-5-7-19(11)23/h4-7H,3,8H2,1-2H3,(H2,17,21)(H,18,20). The van der Waals surface area contributed by atoms with Crippen molar-refractivity contribution in [1.29, 1.82) is 0 Å². The van der Waals surface area contributed by atoms with E-state index < -0.39 is 17.8 Å². The van der Waals surface area contributed by atoms with E-state index in [1.807, 2.05) is 0 Å². The van der Waals surface area contributed by atoms with Crippen LogP contribution < -0.4 is 15.8 Å². The molecule has 3 N–H and O–H groups in total. The van der Waals surface area contributed by atoms with Crippen LogP contribution in [-0.4, -0.2) is 30.1 Å². The van der Waals surface area contributed by atoms with Crippen LogP contribution in [0.3, 0.4) is 0 Å². The zero-order valence-corrected chi connectivity index (χ0v) is 15.7. The average Bonchev–Trinajstić information content (AvgIpc) is 2.90. The Morgan fingerprint density at radius 1 is 1.38 bits per heavy atom. The van der Waals surface area contributed by atoms with Gasteiger partial charge in [0.25, 0.3) is 10.9 Å². The fourth-order valence-electron chi connectivity index (χ4n) is 2.11. The van der Waals surface area contributed by atoms with Crippen molar-refractivity contribution < 1.29 is 23.9 Å². The second kappa shape index (κ2) is 8.68.